The summed E-state index contributed by atoms with van der Waals surface area (Å²) in [6.07, 6.45) is 4.43. The van der Waals surface area contributed by atoms with E-state index >= 15 is 0 Å². The topological polar surface area (TPSA) is 110 Å². The molecular weight excluding hydrogens is 302 g/mol. The molecule has 0 radical (unpaired) electrons. The summed E-state index contributed by atoms with van der Waals surface area (Å²) in [6, 6.07) is 1.74. The maximum absolute atomic E-state index is 12.6. The van der Waals surface area contributed by atoms with Crippen LogP contribution in [0.15, 0.2) is 24.7 Å². The van der Waals surface area contributed by atoms with E-state index in [2.05, 4.69) is 15.1 Å². The number of nitrogens with zero attached hydrogens (tertiary/aromatic N) is 7. The van der Waals surface area contributed by atoms with Gasteiger partial charge in [-0.3, -0.25) is 19.6 Å². The van der Waals surface area contributed by atoms with Crippen LogP contribution in [-0.2, 0) is 7.05 Å². The van der Waals surface area contributed by atoms with Crippen molar-refractivity contribution in [3.63, 3.8) is 0 Å². The molecule has 1 aliphatic rings. The minimum Gasteiger partial charge on any atom is -0.337 e. The number of nitro groups is 1. The number of hydrogen-bond donors (Lipinski definition) is 0. The molecule has 0 aliphatic carbocycles. The highest BCUT2D eigenvalue weighted by Crippen LogP contribution is 2.20. The summed E-state index contributed by atoms with van der Waals surface area (Å²) in [5, 5.41) is 14.8. The molecule has 1 amide bonds. The minimum atomic E-state index is -0.589. The van der Waals surface area contributed by atoms with Crippen LogP contribution >= 0.6 is 0 Å². The van der Waals surface area contributed by atoms with Crippen molar-refractivity contribution < 1.29 is 9.72 Å². The SMILES string of the molecule is Cn1ncc([N+](=O)[O-])c1C(=O)N1CCN(c2ncccn2)CC1. The zero-order valence-corrected chi connectivity index (χ0v) is 12.5. The average Bonchev–Trinajstić information content (AvgIpc) is 2.97. The molecule has 0 spiro atoms. The second-order valence-electron chi connectivity index (χ2n) is 5.09. The van der Waals surface area contributed by atoms with Crippen molar-refractivity contribution in [1.29, 1.82) is 0 Å². The fraction of sp³-hybridized carbons (Fsp3) is 0.385. The molecule has 3 rings (SSSR count). The molecule has 0 N–H and O–H groups in total. The first-order valence-corrected chi connectivity index (χ1v) is 7.05. The van der Waals surface area contributed by atoms with Gasteiger partial charge in [0, 0.05) is 45.6 Å². The number of carbonyl (C=O) groups excluding carboxylic acids is 1. The van der Waals surface area contributed by atoms with E-state index in [0.29, 0.717) is 32.1 Å². The van der Waals surface area contributed by atoms with Crippen molar-refractivity contribution >= 4 is 17.5 Å². The Bertz CT molecular complexity index is 722. The molecule has 120 valence electrons. The smallest absolute Gasteiger partial charge is 0.320 e. The van der Waals surface area contributed by atoms with Crippen LogP contribution in [0.2, 0.25) is 0 Å². The third-order valence-electron chi connectivity index (χ3n) is 3.72. The van der Waals surface area contributed by atoms with Crippen molar-refractivity contribution in [3.8, 4) is 0 Å². The number of anilines is 1. The van der Waals surface area contributed by atoms with Crippen LogP contribution in [-0.4, -0.2) is 61.7 Å². The van der Waals surface area contributed by atoms with Crippen LogP contribution in [0.4, 0.5) is 11.6 Å². The Balaban J connectivity index is 1.72. The maximum atomic E-state index is 12.6. The van der Waals surface area contributed by atoms with Gasteiger partial charge in [0.1, 0.15) is 6.20 Å². The zero-order chi connectivity index (χ0) is 16.4. The van der Waals surface area contributed by atoms with Crippen molar-refractivity contribution in [2.75, 3.05) is 31.1 Å². The van der Waals surface area contributed by atoms with E-state index in [4.69, 9.17) is 0 Å². The highest BCUT2D eigenvalue weighted by atomic mass is 16.6. The van der Waals surface area contributed by atoms with Gasteiger partial charge in [0.25, 0.3) is 5.91 Å². The van der Waals surface area contributed by atoms with Gasteiger partial charge in [-0.1, -0.05) is 0 Å². The molecule has 2 aromatic heterocycles. The predicted octanol–water partition coefficient (Wildman–Crippen LogP) is 0.0807. The molecule has 10 nitrogen and oxygen atoms in total. The number of aromatic nitrogens is 4. The lowest BCUT2D eigenvalue weighted by Crippen LogP contribution is -2.49. The summed E-state index contributed by atoms with van der Waals surface area (Å²) in [5.41, 5.74) is -0.272. The van der Waals surface area contributed by atoms with Gasteiger partial charge in [0.2, 0.25) is 11.6 Å². The van der Waals surface area contributed by atoms with Crippen LogP contribution in [0, 0.1) is 10.1 Å². The lowest BCUT2D eigenvalue weighted by atomic mass is 10.2. The van der Waals surface area contributed by atoms with Gasteiger partial charge in [-0.15, -0.1) is 0 Å². The molecule has 0 bridgehead atoms. The highest BCUT2D eigenvalue weighted by molar-refractivity contribution is 5.96. The molecule has 1 saturated heterocycles. The summed E-state index contributed by atoms with van der Waals surface area (Å²) in [6.45, 7) is 2.03. The molecule has 0 aromatic carbocycles. The fourth-order valence-corrected chi connectivity index (χ4v) is 2.52. The van der Waals surface area contributed by atoms with E-state index in [-0.39, 0.29) is 17.3 Å². The Hall–Kier alpha value is -3.04. The molecular formula is C13H15N7O3. The first kappa shape index (κ1) is 14.9. The van der Waals surface area contributed by atoms with E-state index in [9.17, 15) is 14.9 Å². The number of amides is 1. The number of hydrogen-bond acceptors (Lipinski definition) is 7. The molecule has 1 fully saturated rings. The third-order valence-corrected chi connectivity index (χ3v) is 3.72. The van der Waals surface area contributed by atoms with Crippen molar-refractivity contribution in [1.82, 2.24) is 24.6 Å². The van der Waals surface area contributed by atoms with Gasteiger partial charge in [-0.25, -0.2) is 9.97 Å². The van der Waals surface area contributed by atoms with Crippen LogP contribution in [0.1, 0.15) is 10.5 Å². The molecule has 23 heavy (non-hydrogen) atoms. The predicted molar refractivity (Wildman–Crippen MR) is 80.0 cm³/mol. The normalized spacial score (nSPS) is 14.8. The molecule has 10 heteroatoms. The van der Waals surface area contributed by atoms with Crippen molar-refractivity contribution in [2.45, 2.75) is 0 Å². The first-order valence-electron chi connectivity index (χ1n) is 7.05. The Morgan fingerprint density at radius 3 is 2.48 bits per heavy atom. The van der Waals surface area contributed by atoms with Gasteiger partial charge in [0.05, 0.1) is 4.92 Å². The van der Waals surface area contributed by atoms with Crippen LogP contribution in [0.3, 0.4) is 0 Å². The van der Waals surface area contributed by atoms with Gasteiger partial charge < -0.3 is 9.80 Å². The van der Waals surface area contributed by atoms with Gasteiger partial charge >= 0.3 is 5.69 Å². The van der Waals surface area contributed by atoms with E-state index in [1.807, 2.05) is 4.90 Å². The Kier molecular flexibility index (Phi) is 3.87. The van der Waals surface area contributed by atoms with Gasteiger partial charge in [0.15, 0.2) is 0 Å². The lowest BCUT2D eigenvalue weighted by Gasteiger charge is -2.34. The monoisotopic (exact) mass is 317 g/mol. The summed E-state index contributed by atoms with van der Waals surface area (Å²) < 4.78 is 1.24. The summed E-state index contributed by atoms with van der Waals surface area (Å²) in [5.74, 6) is 0.233. The average molecular weight is 317 g/mol. The molecule has 2 aromatic rings. The van der Waals surface area contributed by atoms with E-state index < -0.39 is 4.92 Å². The lowest BCUT2D eigenvalue weighted by molar-refractivity contribution is -0.385. The maximum Gasteiger partial charge on any atom is 0.320 e. The summed E-state index contributed by atoms with van der Waals surface area (Å²) in [4.78, 5) is 34.9. The van der Waals surface area contributed by atoms with E-state index in [0.717, 1.165) is 6.20 Å². The summed E-state index contributed by atoms with van der Waals surface area (Å²) >= 11 is 0. The van der Waals surface area contributed by atoms with Crippen molar-refractivity contribution in [3.05, 3.63) is 40.5 Å². The molecule has 0 unspecified atom stereocenters. The van der Waals surface area contributed by atoms with E-state index in [1.165, 1.54) is 11.7 Å². The first-order chi connectivity index (χ1) is 11.1. The zero-order valence-electron chi connectivity index (χ0n) is 12.5. The number of aryl methyl sites for hydroxylation is 1. The molecule has 3 heterocycles. The second-order valence-corrected chi connectivity index (χ2v) is 5.09. The summed E-state index contributed by atoms with van der Waals surface area (Å²) in [7, 11) is 1.52. The fourth-order valence-electron chi connectivity index (χ4n) is 2.52. The van der Waals surface area contributed by atoms with E-state index in [1.54, 1.807) is 23.4 Å². The largest absolute Gasteiger partial charge is 0.337 e. The van der Waals surface area contributed by atoms with Gasteiger partial charge in [-0.05, 0) is 6.07 Å². The number of piperazine rings is 1. The molecule has 0 saturated carbocycles. The number of carbonyl (C=O) groups is 1. The van der Waals surface area contributed by atoms with Crippen LogP contribution in [0.25, 0.3) is 0 Å². The third kappa shape index (κ3) is 2.82. The second kappa shape index (κ2) is 5.99. The molecule has 1 aliphatic heterocycles. The standard InChI is InChI=1S/C13H15N7O3/c1-17-11(10(9-16-17)20(22)23)12(21)18-5-7-19(8-6-18)13-14-3-2-4-15-13/h2-4,9H,5-8H2,1H3. The highest BCUT2D eigenvalue weighted by Gasteiger charge is 2.31. The minimum absolute atomic E-state index is 0.000545. The Morgan fingerprint density at radius 1 is 1.22 bits per heavy atom. The molecule has 0 atom stereocenters. The Labute approximate surface area is 131 Å². The quantitative estimate of drug-likeness (QED) is 0.582. The van der Waals surface area contributed by atoms with Gasteiger partial charge in [-0.2, -0.15) is 5.10 Å². The number of rotatable bonds is 3. The Morgan fingerprint density at radius 2 is 1.87 bits per heavy atom. The van der Waals surface area contributed by atoms with Crippen LogP contribution < -0.4 is 4.90 Å². The van der Waals surface area contributed by atoms with Crippen molar-refractivity contribution in [2.24, 2.45) is 7.05 Å². The van der Waals surface area contributed by atoms with Crippen LogP contribution in [0.5, 0.6) is 0 Å².